The molecule has 27 heavy (non-hydrogen) atoms. The van der Waals surface area contributed by atoms with Crippen LogP contribution < -0.4 is 0 Å². The van der Waals surface area contributed by atoms with Crippen molar-refractivity contribution in [1.29, 1.82) is 0 Å². The van der Waals surface area contributed by atoms with Gasteiger partial charge in [-0.3, -0.25) is 4.90 Å². The number of nitrogens with zero attached hydrogens (tertiary/aromatic N) is 4. The van der Waals surface area contributed by atoms with Gasteiger partial charge in [0.2, 0.25) is 10.0 Å². The fourth-order valence-electron chi connectivity index (χ4n) is 3.28. The Morgan fingerprint density at radius 3 is 2.44 bits per heavy atom. The molecule has 3 rings (SSSR count). The Labute approximate surface area is 158 Å². The van der Waals surface area contributed by atoms with Gasteiger partial charge in [0.1, 0.15) is 22.4 Å². The number of halogens is 2. The Hall–Kier alpha value is -1.84. The maximum atomic E-state index is 13.9. The van der Waals surface area contributed by atoms with Gasteiger partial charge < -0.3 is 4.57 Å². The molecule has 0 saturated carbocycles. The fraction of sp³-hybridized carbons (Fsp3) is 0.500. The lowest BCUT2D eigenvalue weighted by Crippen LogP contribution is -2.49. The minimum Gasteiger partial charge on any atom is -0.333 e. The molecule has 0 spiro atoms. The molecule has 1 saturated heterocycles. The Kier molecular flexibility index (Phi) is 5.92. The molecule has 0 radical (unpaired) electrons. The summed E-state index contributed by atoms with van der Waals surface area (Å²) < 4.78 is 55.6. The molecular weight excluding hydrogens is 374 g/mol. The largest absolute Gasteiger partial charge is 0.333 e. The third kappa shape index (κ3) is 4.36. The summed E-state index contributed by atoms with van der Waals surface area (Å²) in [5, 5.41) is 0. The van der Waals surface area contributed by atoms with Crippen molar-refractivity contribution in [3.05, 3.63) is 48.1 Å². The van der Waals surface area contributed by atoms with Crippen LogP contribution in [-0.2, 0) is 16.6 Å². The molecule has 0 aliphatic carbocycles. The molecule has 1 aliphatic rings. The molecule has 1 aromatic heterocycles. The van der Waals surface area contributed by atoms with Crippen LogP contribution in [0.2, 0.25) is 0 Å². The molecule has 1 aromatic carbocycles. The molecule has 2 aromatic rings. The van der Waals surface area contributed by atoms with Crippen LogP contribution >= 0.6 is 0 Å². The third-order valence-corrected chi connectivity index (χ3v) is 6.70. The molecule has 0 atom stereocenters. The lowest BCUT2D eigenvalue weighted by atomic mass is 10.2. The minimum absolute atomic E-state index is 0.278. The zero-order valence-electron chi connectivity index (χ0n) is 15.5. The van der Waals surface area contributed by atoms with Gasteiger partial charge in [-0.25, -0.2) is 22.2 Å². The summed E-state index contributed by atoms with van der Waals surface area (Å²) in [6, 6.07) is 2.54. The van der Waals surface area contributed by atoms with E-state index in [2.05, 4.69) is 28.3 Å². The minimum atomic E-state index is -3.96. The second-order valence-corrected chi connectivity index (χ2v) is 8.86. The second-order valence-electron chi connectivity index (χ2n) is 6.95. The van der Waals surface area contributed by atoms with Crippen molar-refractivity contribution in [1.82, 2.24) is 18.8 Å². The van der Waals surface area contributed by atoms with Gasteiger partial charge in [-0.2, -0.15) is 4.31 Å². The summed E-state index contributed by atoms with van der Waals surface area (Å²) in [5.74, 6) is -0.481. The molecule has 9 heteroatoms. The first-order valence-corrected chi connectivity index (χ1v) is 10.4. The van der Waals surface area contributed by atoms with Gasteiger partial charge in [0.05, 0.1) is 0 Å². The number of sulfonamides is 1. The normalized spacial score (nSPS) is 16.9. The third-order valence-electron chi connectivity index (χ3n) is 4.76. The molecule has 2 heterocycles. The van der Waals surface area contributed by atoms with E-state index in [9.17, 15) is 17.2 Å². The fourth-order valence-corrected chi connectivity index (χ4v) is 4.74. The van der Waals surface area contributed by atoms with Crippen molar-refractivity contribution in [3.8, 4) is 0 Å². The van der Waals surface area contributed by atoms with Gasteiger partial charge in [0.25, 0.3) is 0 Å². The topological polar surface area (TPSA) is 58.4 Å². The number of hydrogen-bond acceptors (Lipinski definition) is 4. The van der Waals surface area contributed by atoms with Crippen LogP contribution in [0.25, 0.3) is 0 Å². The summed E-state index contributed by atoms with van der Waals surface area (Å²) in [6.45, 7) is 7.44. The van der Waals surface area contributed by atoms with Gasteiger partial charge in [-0.1, -0.05) is 13.8 Å². The lowest BCUT2D eigenvalue weighted by Gasteiger charge is -2.34. The van der Waals surface area contributed by atoms with E-state index >= 15 is 0 Å². The van der Waals surface area contributed by atoms with Crippen LogP contribution in [0.4, 0.5) is 8.78 Å². The quantitative estimate of drug-likeness (QED) is 0.749. The van der Waals surface area contributed by atoms with Gasteiger partial charge in [0, 0.05) is 63.6 Å². The van der Waals surface area contributed by atoms with Crippen molar-refractivity contribution in [2.75, 3.05) is 32.7 Å². The first-order chi connectivity index (χ1) is 12.8. The standard InChI is InChI=1S/C18H24F2N4O2S/c1-14(2)18-21-5-6-23(18)10-7-22-8-11-24(12-9-22)27(25,26)17-4-3-15(19)13-16(17)20/h3-6,13-14H,7-12H2,1-2H3. The highest BCUT2D eigenvalue weighted by atomic mass is 32.2. The highest BCUT2D eigenvalue weighted by Crippen LogP contribution is 2.21. The van der Waals surface area contributed by atoms with Gasteiger partial charge in [0.15, 0.2) is 0 Å². The van der Waals surface area contributed by atoms with Crippen LogP contribution in [0.5, 0.6) is 0 Å². The molecule has 148 valence electrons. The van der Waals surface area contributed by atoms with Crippen LogP contribution in [0, 0.1) is 11.6 Å². The molecule has 1 aliphatic heterocycles. The highest BCUT2D eigenvalue weighted by molar-refractivity contribution is 7.89. The maximum absolute atomic E-state index is 13.9. The van der Waals surface area contributed by atoms with Crippen LogP contribution in [0.3, 0.4) is 0 Å². The van der Waals surface area contributed by atoms with Crippen molar-refractivity contribution >= 4 is 10.0 Å². The average molecular weight is 398 g/mol. The number of benzene rings is 1. The number of imidazole rings is 1. The molecule has 1 fully saturated rings. The Morgan fingerprint density at radius 1 is 1.11 bits per heavy atom. The Morgan fingerprint density at radius 2 is 1.81 bits per heavy atom. The van der Waals surface area contributed by atoms with E-state index in [1.54, 1.807) is 6.20 Å². The predicted molar refractivity (Wildman–Crippen MR) is 97.9 cm³/mol. The van der Waals surface area contributed by atoms with E-state index < -0.39 is 26.6 Å². The first kappa shape index (κ1) is 19.9. The molecule has 0 amide bonds. The first-order valence-electron chi connectivity index (χ1n) is 8.97. The Balaban J connectivity index is 1.59. The number of hydrogen-bond donors (Lipinski definition) is 0. The molecule has 0 bridgehead atoms. The number of piperazine rings is 1. The van der Waals surface area contributed by atoms with Crippen LogP contribution in [0.1, 0.15) is 25.6 Å². The van der Waals surface area contributed by atoms with E-state index in [0.29, 0.717) is 25.1 Å². The van der Waals surface area contributed by atoms with Gasteiger partial charge in [-0.15, -0.1) is 0 Å². The van der Waals surface area contributed by atoms with E-state index in [0.717, 1.165) is 31.0 Å². The molecule has 0 unspecified atom stereocenters. The summed E-state index contributed by atoms with van der Waals surface area (Å²) in [7, 11) is -3.96. The van der Waals surface area contributed by atoms with E-state index in [-0.39, 0.29) is 13.1 Å². The van der Waals surface area contributed by atoms with Crippen LogP contribution in [-0.4, -0.2) is 59.9 Å². The summed E-state index contributed by atoms with van der Waals surface area (Å²) >= 11 is 0. The van der Waals surface area contributed by atoms with Crippen molar-refractivity contribution < 1.29 is 17.2 Å². The van der Waals surface area contributed by atoms with E-state index in [1.165, 1.54) is 4.31 Å². The summed E-state index contributed by atoms with van der Waals surface area (Å²) in [6.07, 6.45) is 3.74. The number of aromatic nitrogens is 2. The second kappa shape index (κ2) is 8.04. The predicted octanol–water partition coefficient (Wildman–Crippen LogP) is 2.29. The smallest absolute Gasteiger partial charge is 0.246 e. The molecular formula is C18H24F2N4O2S. The monoisotopic (exact) mass is 398 g/mol. The summed E-state index contributed by atoms with van der Waals surface area (Å²) in [5.41, 5.74) is 0. The Bertz CT molecular complexity index is 891. The lowest BCUT2D eigenvalue weighted by molar-refractivity contribution is 0.182. The zero-order chi connectivity index (χ0) is 19.6. The van der Waals surface area contributed by atoms with Gasteiger partial charge in [-0.05, 0) is 12.1 Å². The highest BCUT2D eigenvalue weighted by Gasteiger charge is 2.30. The van der Waals surface area contributed by atoms with Crippen molar-refractivity contribution in [2.24, 2.45) is 0 Å². The van der Waals surface area contributed by atoms with Gasteiger partial charge >= 0.3 is 0 Å². The van der Waals surface area contributed by atoms with Crippen molar-refractivity contribution in [3.63, 3.8) is 0 Å². The zero-order valence-corrected chi connectivity index (χ0v) is 16.3. The SMILES string of the molecule is CC(C)c1nccn1CCN1CCN(S(=O)(=O)c2ccc(F)cc2F)CC1. The maximum Gasteiger partial charge on any atom is 0.246 e. The van der Waals surface area contributed by atoms with E-state index in [4.69, 9.17) is 0 Å². The van der Waals surface area contributed by atoms with E-state index in [1.807, 2.05) is 6.20 Å². The summed E-state index contributed by atoms with van der Waals surface area (Å²) in [4.78, 5) is 6.07. The average Bonchev–Trinajstić information content (AvgIpc) is 3.09. The van der Waals surface area contributed by atoms with Crippen LogP contribution in [0.15, 0.2) is 35.5 Å². The molecule has 0 N–H and O–H groups in total. The molecule has 6 nitrogen and oxygen atoms in total. The van der Waals surface area contributed by atoms with Crippen molar-refractivity contribution in [2.45, 2.75) is 31.2 Å². The number of rotatable bonds is 6.